The smallest absolute Gasteiger partial charge is 0.240 e. The zero-order valence-corrected chi connectivity index (χ0v) is 14.0. The van der Waals surface area contributed by atoms with Gasteiger partial charge in [-0.2, -0.15) is 5.10 Å². The number of hydrogen-bond donors (Lipinski definition) is 1. The second kappa shape index (κ2) is 6.88. The average molecular weight is 355 g/mol. The van der Waals surface area contributed by atoms with E-state index in [1.165, 1.54) is 19.2 Å². The molecule has 7 nitrogen and oxygen atoms in total. The molecule has 1 N–H and O–H groups in total. The fourth-order valence-electron chi connectivity index (χ4n) is 2.59. The number of sulfonamides is 1. The van der Waals surface area contributed by atoms with Crippen LogP contribution in [0.3, 0.4) is 0 Å². The van der Waals surface area contributed by atoms with Crippen LogP contribution in [0.1, 0.15) is 11.3 Å². The van der Waals surface area contributed by atoms with Gasteiger partial charge in [-0.1, -0.05) is 0 Å². The number of benzene rings is 1. The summed E-state index contributed by atoms with van der Waals surface area (Å²) >= 11 is 0. The Balaban J connectivity index is 1.65. The summed E-state index contributed by atoms with van der Waals surface area (Å²) in [5.41, 5.74) is 2.09. The molecule has 0 aliphatic carbocycles. The van der Waals surface area contributed by atoms with Crippen molar-refractivity contribution in [3.63, 3.8) is 0 Å². The summed E-state index contributed by atoms with van der Waals surface area (Å²) in [5, 5.41) is 4.25. The average Bonchev–Trinajstić information content (AvgIpc) is 2.98. The van der Waals surface area contributed by atoms with Gasteiger partial charge in [-0.3, -0.25) is 4.68 Å². The van der Waals surface area contributed by atoms with Crippen LogP contribution in [0.5, 0.6) is 5.75 Å². The molecule has 0 fully saturated rings. The Kier molecular flexibility index (Phi) is 4.83. The third kappa shape index (κ3) is 3.42. The fourth-order valence-corrected chi connectivity index (χ4v) is 3.62. The van der Waals surface area contributed by atoms with Crippen molar-refractivity contribution >= 4 is 10.0 Å². The molecule has 0 bridgehead atoms. The van der Waals surface area contributed by atoms with Crippen molar-refractivity contribution in [1.82, 2.24) is 14.5 Å². The predicted octanol–water partition coefficient (Wildman–Crippen LogP) is 1.08. The number of hydrogen-bond acceptors (Lipinski definition) is 5. The van der Waals surface area contributed by atoms with Crippen LogP contribution in [-0.4, -0.2) is 38.5 Å². The number of fused-ring (bicyclic) bond motifs is 1. The van der Waals surface area contributed by atoms with Crippen molar-refractivity contribution < 1.29 is 22.3 Å². The highest BCUT2D eigenvalue weighted by Gasteiger charge is 2.18. The summed E-state index contributed by atoms with van der Waals surface area (Å²) in [7, 11) is -2.47. The number of nitrogens with zero attached hydrogens (tertiary/aromatic N) is 2. The normalized spacial score (nSPS) is 14.4. The monoisotopic (exact) mass is 355 g/mol. The van der Waals surface area contributed by atoms with Gasteiger partial charge < -0.3 is 9.47 Å². The molecule has 0 radical (unpaired) electrons. The molecular formula is C15H18FN3O4S. The summed E-state index contributed by atoms with van der Waals surface area (Å²) < 4.78 is 52.5. The van der Waals surface area contributed by atoms with Gasteiger partial charge >= 0.3 is 0 Å². The molecule has 3 rings (SSSR count). The van der Waals surface area contributed by atoms with E-state index in [1.807, 2.05) is 0 Å². The molecule has 0 saturated heterocycles. The van der Waals surface area contributed by atoms with E-state index in [9.17, 15) is 12.8 Å². The minimum Gasteiger partial charge on any atom is -0.494 e. The number of methoxy groups -OCH3 is 1. The second-order valence-electron chi connectivity index (χ2n) is 5.34. The number of aromatic nitrogens is 2. The van der Waals surface area contributed by atoms with E-state index in [4.69, 9.17) is 9.47 Å². The van der Waals surface area contributed by atoms with E-state index in [2.05, 4.69) is 9.82 Å². The van der Waals surface area contributed by atoms with Crippen LogP contribution in [0.15, 0.2) is 29.3 Å². The number of ether oxygens (including phenoxy) is 2. The molecule has 24 heavy (non-hydrogen) atoms. The first kappa shape index (κ1) is 16.9. The van der Waals surface area contributed by atoms with Crippen molar-refractivity contribution in [2.24, 2.45) is 0 Å². The SMILES string of the molecule is COc1ccc(S(=O)(=O)NCCn2ncc3c2CCOC3)cc1F. The number of rotatable bonds is 6. The van der Waals surface area contributed by atoms with E-state index in [1.54, 1.807) is 10.9 Å². The lowest BCUT2D eigenvalue weighted by Gasteiger charge is -2.15. The molecule has 1 aliphatic heterocycles. The zero-order valence-electron chi connectivity index (χ0n) is 13.2. The Morgan fingerprint density at radius 2 is 2.29 bits per heavy atom. The van der Waals surface area contributed by atoms with Gasteiger partial charge in [-0.25, -0.2) is 17.5 Å². The summed E-state index contributed by atoms with van der Waals surface area (Å²) in [5.74, 6) is -0.721. The van der Waals surface area contributed by atoms with Gasteiger partial charge in [0.1, 0.15) is 0 Å². The zero-order chi connectivity index (χ0) is 17.2. The van der Waals surface area contributed by atoms with Crippen molar-refractivity contribution in [2.45, 2.75) is 24.5 Å². The van der Waals surface area contributed by atoms with Crippen LogP contribution in [0.2, 0.25) is 0 Å². The molecular weight excluding hydrogens is 337 g/mol. The highest BCUT2D eigenvalue weighted by molar-refractivity contribution is 7.89. The Morgan fingerprint density at radius 1 is 1.46 bits per heavy atom. The third-order valence-corrected chi connectivity index (χ3v) is 5.28. The fraction of sp³-hybridized carbons (Fsp3) is 0.400. The summed E-state index contributed by atoms with van der Waals surface area (Å²) in [6.07, 6.45) is 2.49. The molecule has 2 heterocycles. The Morgan fingerprint density at radius 3 is 3.04 bits per heavy atom. The quantitative estimate of drug-likeness (QED) is 0.839. The summed E-state index contributed by atoms with van der Waals surface area (Å²) in [6.45, 7) is 1.72. The molecule has 9 heteroatoms. The molecule has 2 aromatic rings. The van der Waals surface area contributed by atoms with Crippen LogP contribution in [0, 0.1) is 5.82 Å². The van der Waals surface area contributed by atoms with Crippen LogP contribution < -0.4 is 9.46 Å². The second-order valence-corrected chi connectivity index (χ2v) is 7.10. The maximum absolute atomic E-state index is 13.7. The van der Waals surface area contributed by atoms with Gasteiger partial charge in [-0.15, -0.1) is 0 Å². The van der Waals surface area contributed by atoms with Gasteiger partial charge in [0.05, 0.1) is 38.0 Å². The number of halogens is 1. The highest BCUT2D eigenvalue weighted by Crippen LogP contribution is 2.20. The number of nitrogens with one attached hydrogen (secondary N) is 1. The van der Waals surface area contributed by atoms with Gasteiger partial charge in [0.2, 0.25) is 10.0 Å². The van der Waals surface area contributed by atoms with Crippen LogP contribution >= 0.6 is 0 Å². The first-order chi connectivity index (χ1) is 11.5. The van der Waals surface area contributed by atoms with Crippen molar-refractivity contribution in [1.29, 1.82) is 0 Å². The summed E-state index contributed by atoms with van der Waals surface area (Å²) in [4.78, 5) is -0.142. The molecule has 1 aromatic carbocycles. The van der Waals surface area contributed by atoms with E-state index in [0.29, 0.717) is 19.8 Å². The lowest BCUT2D eigenvalue weighted by molar-refractivity contribution is 0.109. The molecule has 1 aliphatic rings. The van der Waals surface area contributed by atoms with Crippen molar-refractivity contribution in [3.05, 3.63) is 41.5 Å². The molecule has 0 atom stereocenters. The van der Waals surface area contributed by atoms with Crippen molar-refractivity contribution in [3.8, 4) is 5.75 Å². The first-order valence-corrected chi connectivity index (χ1v) is 8.94. The van der Waals surface area contributed by atoms with Gasteiger partial charge in [-0.05, 0) is 18.2 Å². The van der Waals surface area contributed by atoms with Crippen molar-refractivity contribution in [2.75, 3.05) is 20.3 Å². The molecule has 130 valence electrons. The molecule has 1 aromatic heterocycles. The first-order valence-electron chi connectivity index (χ1n) is 7.46. The maximum Gasteiger partial charge on any atom is 0.240 e. The molecule has 0 unspecified atom stereocenters. The molecule has 0 amide bonds. The molecule has 0 spiro atoms. The standard InChI is InChI=1S/C15H18FN3O4S/c1-22-15-3-2-12(8-13(15)16)24(20,21)18-5-6-19-14-4-7-23-10-11(14)9-17-19/h2-3,8-9,18H,4-7,10H2,1H3. The van der Waals surface area contributed by atoms with E-state index < -0.39 is 15.8 Å². The molecule has 0 saturated carbocycles. The van der Waals surface area contributed by atoms with Crippen LogP contribution in [-0.2, 0) is 34.3 Å². The maximum atomic E-state index is 13.7. The van der Waals surface area contributed by atoms with E-state index in [0.717, 1.165) is 23.7 Å². The lowest BCUT2D eigenvalue weighted by atomic mass is 10.2. The van der Waals surface area contributed by atoms with Gasteiger partial charge in [0.25, 0.3) is 0 Å². The Labute approximate surface area is 139 Å². The predicted molar refractivity (Wildman–Crippen MR) is 83.7 cm³/mol. The third-order valence-electron chi connectivity index (χ3n) is 3.83. The largest absolute Gasteiger partial charge is 0.494 e. The minimum atomic E-state index is -3.79. The van der Waals surface area contributed by atoms with Crippen LogP contribution in [0.25, 0.3) is 0 Å². The van der Waals surface area contributed by atoms with E-state index in [-0.39, 0.29) is 17.2 Å². The minimum absolute atomic E-state index is 0.000613. The van der Waals surface area contributed by atoms with Gasteiger partial charge in [0.15, 0.2) is 11.6 Å². The topological polar surface area (TPSA) is 82.5 Å². The highest BCUT2D eigenvalue weighted by atomic mass is 32.2. The lowest BCUT2D eigenvalue weighted by Crippen LogP contribution is -2.28. The van der Waals surface area contributed by atoms with E-state index >= 15 is 0 Å². The van der Waals surface area contributed by atoms with Gasteiger partial charge in [0, 0.05) is 24.2 Å². The Bertz CT molecular complexity index is 835. The Hall–Kier alpha value is -1.97. The van der Waals surface area contributed by atoms with Crippen LogP contribution in [0.4, 0.5) is 4.39 Å². The summed E-state index contributed by atoms with van der Waals surface area (Å²) in [6, 6.07) is 3.53.